The van der Waals surface area contributed by atoms with Crippen molar-refractivity contribution in [1.82, 2.24) is 0 Å². The molecule has 3 unspecified atom stereocenters. The molecule has 0 spiro atoms. The summed E-state index contributed by atoms with van der Waals surface area (Å²) in [5.41, 5.74) is 0.401. The summed E-state index contributed by atoms with van der Waals surface area (Å²) in [5.74, 6) is 0.890. The molecule has 0 amide bonds. The Labute approximate surface area is 62.4 Å². The predicted octanol–water partition coefficient (Wildman–Crippen LogP) is 1.95. The van der Waals surface area contributed by atoms with E-state index in [1.807, 2.05) is 6.92 Å². The van der Waals surface area contributed by atoms with Gasteiger partial charge in [-0.3, -0.25) is 0 Å². The van der Waals surface area contributed by atoms with Crippen molar-refractivity contribution < 1.29 is 5.11 Å². The van der Waals surface area contributed by atoms with Crippen molar-refractivity contribution in [1.29, 1.82) is 0 Å². The van der Waals surface area contributed by atoms with Crippen molar-refractivity contribution >= 4 is 0 Å². The van der Waals surface area contributed by atoms with Crippen LogP contribution in [0.25, 0.3) is 0 Å². The lowest BCUT2D eigenvalue weighted by atomic mass is 9.85. The fourth-order valence-corrected chi connectivity index (χ4v) is 2.66. The van der Waals surface area contributed by atoms with Crippen LogP contribution in [-0.4, -0.2) is 11.2 Å². The number of hydrogen-bond donors (Lipinski definition) is 1. The van der Waals surface area contributed by atoms with Gasteiger partial charge in [-0.1, -0.05) is 12.8 Å². The highest BCUT2D eigenvalue weighted by Gasteiger charge is 2.57. The van der Waals surface area contributed by atoms with Gasteiger partial charge in [0.1, 0.15) is 0 Å². The van der Waals surface area contributed by atoms with Gasteiger partial charge in [0.25, 0.3) is 0 Å². The highest BCUT2D eigenvalue weighted by Crippen LogP contribution is 2.63. The summed E-state index contributed by atoms with van der Waals surface area (Å²) in [5, 5.41) is 9.48. The Morgan fingerprint density at radius 3 is 2.80 bits per heavy atom. The Morgan fingerprint density at radius 2 is 2.30 bits per heavy atom. The lowest BCUT2D eigenvalue weighted by Gasteiger charge is -2.24. The number of fused-ring (bicyclic) bond motifs is 1. The van der Waals surface area contributed by atoms with E-state index in [0.29, 0.717) is 5.41 Å². The first kappa shape index (κ1) is 6.66. The van der Waals surface area contributed by atoms with E-state index in [4.69, 9.17) is 0 Å². The Balaban J connectivity index is 2.05. The lowest BCUT2D eigenvalue weighted by molar-refractivity contribution is 0.0816. The van der Waals surface area contributed by atoms with E-state index in [1.54, 1.807) is 0 Å². The van der Waals surface area contributed by atoms with Crippen molar-refractivity contribution in [3.05, 3.63) is 0 Å². The summed E-state index contributed by atoms with van der Waals surface area (Å²) in [6.07, 6.45) is 6.68. The van der Waals surface area contributed by atoms with Gasteiger partial charge in [-0.15, -0.1) is 0 Å². The van der Waals surface area contributed by atoms with E-state index < -0.39 is 0 Å². The lowest BCUT2D eigenvalue weighted by Crippen LogP contribution is -2.22. The second kappa shape index (κ2) is 1.97. The van der Waals surface area contributed by atoms with Gasteiger partial charge in [-0.25, -0.2) is 0 Å². The Kier molecular flexibility index (Phi) is 1.31. The summed E-state index contributed by atoms with van der Waals surface area (Å²) in [7, 11) is 0. The van der Waals surface area contributed by atoms with Gasteiger partial charge in [0.05, 0.1) is 6.10 Å². The first-order valence-corrected chi connectivity index (χ1v) is 4.44. The summed E-state index contributed by atoms with van der Waals surface area (Å²) in [6, 6.07) is 0. The topological polar surface area (TPSA) is 20.2 Å². The second-order valence-corrected chi connectivity index (χ2v) is 4.06. The van der Waals surface area contributed by atoms with Gasteiger partial charge in [0, 0.05) is 0 Å². The monoisotopic (exact) mass is 140 g/mol. The minimum absolute atomic E-state index is 0.0437. The normalized spacial score (nSPS) is 48.0. The quantitative estimate of drug-likeness (QED) is 0.590. The van der Waals surface area contributed by atoms with E-state index >= 15 is 0 Å². The van der Waals surface area contributed by atoms with Gasteiger partial charge < -0.3 is 5.11 Å². The largest absolute Gasteiger partial charge is 0.393 e. The molecule has 0 aromatic carbocycles. The predicted molar refractivity (Wildman–Crippen MR) is 40.7 cm³/mol. The Bertz CT molecular complexity index is 142. The molecule has 0 aromatic heterocycles. The molecular formula is C9H16O. The van der Waals surface area contributed by atoms with Crippen LogP contribution in [0.2, 0.25) is 0 Å². The molecule has 1 nitrogen and oxygen atoms in total. The zero-order valence-corrected chi connectivity index (χ0v) is 6.64. The maximum Gasteiger partial charge on any atom is 0.0571 e. The molecular weight excluding hydrogens is 124 g/mol. The standard InChI is InChI=1S/C9H16O/c1-7(10)9-5-3-2-4-8(9)6-9/h7-8,10H,2-6H2,1H3. The molecule has 1 N–H and O–H groups in total. The molecule has 2 rings (SSSR count). The van der Waals surface area contributed by atoms with Crippen LogP contribution < -0.4 is 0 Å². The number of aliphatic hydroxyl groups excluding tert-OH is 1. The van der Waals surface area contributed by atoms with Crippen LogP contribution in [0, 0.1) is 11.3 Å². The maximum absolute atomic E-state index is 9.48. The van der Waals surface area contributed by atoms with Crippen LogP contribution >= 0.6 is 0 Å². The Morgan fingerprint density at radius 1 is 1.50 bits per heavy atom. The summed E-state index contributed by atoms with van der Waals surface area (Å²) < 4.78 is 0. The number of aliphatic hydroxyl groups is 1. The minimum atomic E-state index is -0.0437. The van der Waals surface area contributed by atoms with Crippen LogP contribution in [0.15, 0.2) is 0 Å². The fraction of sp³-hybridized carbons (Fsp3) is 1.00. The SMILES string of the molecule is CC(O)C12CCCCC1C2. The highest BCUT2D eigenvalue weighted by molar-refractivity contribution is 5.06. The Hall–Kier alpha value is -0.0400. The maximum atomic E-state index is 9.48. The van der Waals surface area contributed by atoms with Crippen LogP contribution in [0.4, 0.5) is 0 Å². The van der Waals surface area contributed by atoms with Crippen molar-refractivity contribution in [2.45, 2.75) is 45.1 Å². The zero-order valence-electron chi connectivity index (χ0n) is 6.64. The summed E-state index contributed by atoms with van der Waals surface area (Å²) in [6.45, 7) is 1.96. The average Bonchev–Trinajstić information content (AvgIpc) is 2.61. The smallest absolute Gasteiger partial charge is 0.0571 e. The first-order chi connectivity index (χ1) is 4.76. The van der Waals surface area contributed by atoms with E-state index in [-0.39, 0.29) is 6.10 Å². The third kappa shape index (κ3) is 0.731. The molecule has 2 aliphatic carbocycles. The molecule has 10 heavy (non-hydrogen) atoms. The molecule has 0 bridgehead atoms. The molecule has 3 atom stereocenters. The van der Waals surface area contributed by atoms with Crippen molar-refractivity contribution in [3.63, 3.8) is 0 Å². The van der Waals surface area contributed by atoms with E-state index in [0.717, 1.165) is 5.92 Å². The molecule has 1 heteroatoms. The van der Waals surface area contributed by atoms with Gasteiger partial charge in [0.15, 0.2) is 0 Å². The van der Waals surface area contributed by atoms with Crippen LogP contribution in [0.1, 0.15) is 39.0 Å². The molecule has 2 aliphatic rings. The van der Waals surface area contributed by atoms with Gasteiger partial charge in [-0.05, 0) is 37.5 Å². The number of hydrogen-bond acceptors (Lipinski definition) is 1. The molecule has 0 aliphatic heterocycles. The van der Waals surface area contributed by atoms with Crippen LogP contribution in [0.5, 0.6) is 0 Å². The third-order valence-corrected chi connectivity index (χ3v) is 3.56. The zero-order chi connectivity index (χ0) is 7.19. The first-order valence-electron chi connectivity index (χ1n) is 4.44. The van der Waals surface area contributed by atoms with Crippen molar-refractivity contribution in [2.24, 2.45) is 11.3 Å². The summed E-state index contributed by atoms with van der Waals surface area (Å²) >= 11 is 0. The minimum Gasteiger partial charge on any atom is -0.393 e. The fourth-order valence-electron chi connectivity index (χ4n) is 2.66. The van der Waals surface area contributed by atoms with Crippen molar-refractivity contribution in [2.75, 3.05) is 0 Å². The van der Waals surface area contributed by atoms with Gasteiger partial charge >= 0.3 is 0 Å². The molecule has 2 saturated carbocycles. The molecule has 0 radical (unpaired) electrons. The van der Waals surface area contributed by atoms with E-state index in [2.05, 4.69) is 0 Å². The second-order valence-electron chi connectivity index (χ2n) is 4.06. The van der Waals surface area contributed by atoms with Crippen LogP contribution in [-0.2, 0) is 0 Å². The third-order valence-electron chi connectivity index (χ3n) is 3.56. The molecule has 0 aromatic rings. The van der Waals surface area contributed by atoms with Crippen molar-refractivity contribution in [3.8, 4) is 0 Å². The van der Waals surface area contributed by atoms with Crippen LogP contribution in [0.3, 0.4) is 0 Å². The van der Waals surface area contributed by atoms with E-state index in [1.165, 1.54) is 32.1 Å². The molecule has 0 saturated heterocycles. The molecule has 2 fully saturated rings. The molecule has 58 valence electrons. The van der Waals surface area contributed by atoms with Gasteiger partial charge in [0.2, 0.25) is 0 Å². The highest BCUT2D eigenvalue weighted by atomic mass is 16.3. The summed E-state index contributed by atoms with van der Waals surface area (Å²) in [4.78, 5) is 0. The molecule has 0 heterocycles. The van der Waals surface area contributed by atoms with Gasteiger partial charge in [-0.2, -0.15) is 0 Å². The average molecular weight is 140 g/mol. The van der Waals surface area contributed by atoms with E-state index in [9.17, 15) is 5.11 Å². The number of rotatable bonds is 1.